The van der Waals surface area contributed by atoms with Crippen molar-refractivity contribution in [2.24, 2.45) is 0 Å². The number of methoxy groups -OCH3 is 1. The number of carboxylic acids is 1. The van der Waals surface area contributed by atoms with Gasteiger partial charge in [0.25, 0.3) is 5.91 Å². The second-order valence-corrected chi connectivity index (χ2v) is 4.55. The molecule has 0 aliphatic heterocycles. The van der Waals surface area contributed by atoms with E-state index in [2.05, 4.69) is 10.1 Å². The molecule has 1 atom stereocenters. The van der Waals surface area contributed by atoms with Crippen LogP contribution in [-0.4, -0.2) is 41.2 Å². The van der Waals surface area contributed by atoms with Crippen LogP contribution in [0, 0.1) is 0 Å². The molecule has 0 aliphatic carbocycles. The fraction of sp³-hybridized carbons (Fsp3) is 0.308. The zero-order chi connectivity index (χ0) is 16.0. The van der Waals surface area contributed by atoms with Gasteiger partial charge in [-0.05, 0) is 24.6 Å². The van der Waals surface area contributed by atoms with Gasteiger partial charge < -0.3 is 20.3 Å². The summed E-state index contributed by atoms with van der Waals surface area (Å²) in [6.45, 7) is 0. The number of phenolic OH excluding ortho intramolecular Hbond substituents is 1. The van der Waals surface area contributed by atoms with Crippen molar-refractivity contribution in [1.82, 2.24) is 5.32 Å². The Bertz CT molecular complexity index is 560. The first-order chi connectivity index (χ1) is 9.85. The molecule has 0 fully saturated rings. The minimum atomic E-state index is -1.27. The Morgan fingerprint density at radius 2 is 2.05 bits per heavy atom. The minimum Gasteiger partial charge on any atom is -0.506 e. The zero-order valence-electron chi connectivity index (χ0n) is 11.1. The van der Waals surface area contributed by atoms with Crippen LogP contribution in [0.2, 0.25) is 5.02 Å². The molecule has 1 aromatic rings. The maximum absolute atomic E-state index is 11.9. The number of carbonyl (C=O) groups excluding carboxylic acids is 2. The second kappa shape index (κ2) is 7.49. The van der Waals surface area contributed by atoms with Gasteiger partial charge in [0, 0.05) is 12.0 Å². The lowest BCUT2D eigenvalue weighted by atomic mass is 10.1. The molecule has 3 N–H and O–H groups in total. The molecular formula is C13H14ClNO6. The molecule has 7 nitrogen and oxygen atoms in total. The molecule has 1 rings (SSSR count). The molecule has 0 aliphatic rings. The van der Waals surface area contributed by atoms with E-state index in [1.165, 1.54) is 25.3 Å². The van der Waals surface area contributed by atoms with Crippen LogP contribution >= 0.6 is 11.6 Å². The number of benzene rings is 1. The molecule has 0 radical (unpaired) electrons. The number of nitrogens with one attached hydrogen (secondary N) is 1. The third-order valence-electron chi connectivity index (χ3n) is 2.68. The summed E-state index contributed by atoms with van der Waals surface area (Å²) < 4.78 is 4.41. The van der Waals surface area contributed by atoms with Crippen molar-refractivity contribution in [2.45, 2.75) is 18.9 Å². The van der Waals surface area contributed by atoms with Gasteiger partial charge in [0.2, 0.25) is 0 Å². The Balaban J connectivity index is 2.74. The van der Waals surface area contributed by atoms with E-state index in [0.717, 1.165) is 0 Å². The van der Waals surface area contributed by atoms with Crippen molar-refractivity contribution in [1.29, 1.82) is 0 Å². The van der Waals surface area contributed by atoms with Crippen LogP contribution in [0.1, 0.15) is 23.2 Å². The highest BCUT2D eigenvalue weighted by molar-refractivity contribution is 6.32. The zero-order valence-corrected chi connectivity index (χ0v) is 11.9. The van der Waals surface area contributed by atoms with E-state index in [9.17, 15) is 19.5 Å². The van der Waals surface area contributed by atoms with E-state index in [4.69, 9.17) is 16.7 Å². The molecule has 114 valence electrons. The molecule has 1 amide bonds. The summed E-state index contributed by atoms with van der Waals surface area (Å²) in [6.07, 6.45) is -0.232. The van der Waals surface area contributed by atoms with E-state index in [1.54, 1.807) is 0 Å². The van der Waals surface area contributed by atoms with E-state index in [-0.39, 0.29) is 29.2 Å². The van der Waals surface area contributed by atoms with E-state index in [1.807, 2.05) is 0 Å². The molecule has 21 heavy (non-hydrogen) atoms. The number of aromatic hydroxyl groups is 1. The Labute approximate surface area is 125 Å². The molecule has 0 aromatic heterocycles. The van der Waals surface area contributed by atoms with E-state index >= 15 is 0 Å². The molecule has 0 bridgehead atoms. The monoisotopic (exact) mass is 315 g/mol. The van der Waals surface area contributed by atoms with Gasteiger partial charge in [-0.15, -0.1) is 0 Å². The number of esters is 1. The van der Waals surface area contributed by atoms with Gasteiger partial charge in [-0.25, -0.2) is 4.79 Å². The Morgan fingerprint density at radius 1 is 1.38 bits per heavy atom. The summed E-state index contributed by atoms with van der Waals surface area (Å²) in [7, 11) is 1.19. The van der Waals surface area contributed by atoms with Crippen LogP contribution in [0.5, 0.6) is 5.75 Å². The minimum absolute atomic E-state index is 0.0240. The van der Waals surface area contributed by atoms with Crippen LogP contribution in [0.3, 0.4) is 0 Å². The van der Waals surface area contributed by atoms with E-state index in [0.29, 0.717) is 0 Å². The Hall–Kier alpha value is -2.28. The Morgan fingerprint density at radius 3 is 2.57 bits per heavy atom. The number of carbonyl (C=O) groups is 3. The number of amides is 1. The van der Waals surface area contributed by atoms with Gasteiger partial charge in [0.1, 0.15) is 11.8 Å². The van der Waals surface area contributed by atoms with Crippen molar-refractivity contribution in [3.8, 4) is 5.75 Å². The lowest BCUT2D eigenvalue weighted by molar-refractivity contribution is -0.142. The summed E-state index contributed by atoms with van der Waals surface area (Å²) in [4.78, 5) is 34.0. The standard InChI is InChI=1S/C13H14ClNO6/c1-21-11(17)5-3-9(13(19)20)15-12(18)7-2-4-10(16)8(14)6-7/h2,4,6,9,16H,3,5H2,1H3,(H,15,18)(H,19,20). The summed E-state index contributed by atoms with van der Waals surface area (Å²) in [5, 5.41) is 20.5. The first kappa shape index (κ1) is 16.8. The number of phenols is 1. The predicted molar refractivity (Wildman–Crippen MR) is 73.3 cm³/mol. The summed E-state index contributed by atoms with van der Waals surface area (Å²) in [6, 6.07) is 2.51. The average Bonchev–Trinajstić information content (AvgIpc) is 2.45. The molecule has 0 saturated carbocycles. The van der Waals surface area contributed by atoms with Gasteiger partial charge in [0.05, 0.1) is 12.1 Å². The van der Waals surface area contributed by atoms with Gasteiger partial charge >= 0.3 is 11.9 Å². The maximum Gasteiger partial charge on any atom is 0.326 e. The largest absolute Gasteiger partial charge is 0.506 e. The van der Waals surface area contributed by atoms with Gasteiger partial charge in [-0.1, -0.05) is 11.6 Å². The van der Waals surface area contributed by atoms with Gasteiger partial charge in [0.15, 0.2) is 0 Å². The average molecular weight is 316 g/mol. The van der Waals surface area contributed by atoms with Crippen LogP contribution in [0.4, 0.5) is 0 Å². The van der Waals surface area contributed by atoms with E-state index < -0.39 is 23.9 Å². The fourth-order valence-electron chi connectivity index (χ4n) is 1.51. The van der Waals surface area contributed by atoms with Crippen LogP contribution in [0.25, 0.3) is 0 Å². The normalized spacial score (nSPS) is 11.5. The third-order valence-corrected chi connectivity index (χ3v) is 2.98. The molecule has 1 aromatic carbocycles. The second-order valence-electron chi connectivity index (χ2n) is 4.15. The number of halogens is 1. The number of hydrogen-bond donors (Lipinski definition) is 3. The first-order valence-electron chi connectivity index (χ1n) is 5.94. The smallest absolute Gasteiger partial charge is 0.326 e. The highest BCUT2D eigenvalue weighted by Gasteiger charge is 2.22. The van der Waals surface area contributed by atoms with Crippen molar-refractivity contribution in [3.63, 3.8) is 0 Å². The SMILES string of the molecule is COC(=O)CCC(NC(=O)c1ccc(O)c(Cl)c1)C(=O)O. The number of hydrogen-bond acceptors (Lipinski definition) is 5. The number of rotatable bonds is 6. The van der Waals surface area contributed by atoms with Gasteiger partial charge in [-0.3, -0.25) is 9.59 Å². The molecule has 8 heteroatoms. The number of carboxylic acid groups (broad SMARTS) is 1. The van der Waals surface area contributed by atoms with Crippen molar-refractivity contribution in [2.75, 3.05) is 7.11 Å². The maximum atomic E-state index is 11.9. The quantitative estimate of drug-likeness (QED) is 0.679. The summed E-state index contributed by atoms with van der Waals surface area (Å²) in [5.41, 5.74) is 0.0992. The number of aliphatic carboxylic acids is 1. The fourth-order valence-corrected chi connectivity index (χ4v) is 1.69. The molecular weight excluding hydrogens is 302 g/mol. The van der Waals surface area contributed by atoms with Crippen LogP contribution < -0.4 is 5.32 Å². The van der Waals surface area contributed by atoms with Crippen LogP contribution in [-0.2, 0) is 14.3 Å². The van der Waals surface area contributed by atoms with Crippen molar-refractivity contribution < 1.29 is 29.3 Å². The molecule has 1 unspecified atom stereocenters. The Kier molecular flexibility index (Phi) is 5.98. The lowest BCUT2D eigenvalue weighted by Gasteiger charge is -2.14. The van der Waals surface area contributed by atoms with Crippen molar-refractivity contribution in [3.05, 3.63) is 28.8 Å². The first-order valence-corrected chi connectivity index (χ1v) is 6.32. The van der Waals surface area contributed by atoms with Crippen LogP contribution in [0.15, 0.2) is 18.2 Å². The van der Waals surface area contributed by atoms with Crippen molar-refractivity contribution >= 4 is 29.4 Å². The topological polar surface area (TPSA) is 113 Å². The molecule has 0 heterocycles. The molecule has 0 saturated heterocycles. The highest BCUT2D eigenvalue weighted by Crippen LogP contribution is 2.23. The van der Waals surface area contributed by atoms with Gasteiger partial charge in [-0.2, -0.15) is 0 Å². The third kappa shape index (κ3) is 4.96. The highest BCUT2D eigenvalue weighted by atomic mass is 35.5. The lowest BCUT2D eigenvalue weighted by Crippen LogP contribution is -2.41. The summed E-state index contributed by atoms with van der Waals surface area (Å²) in [5.74, 6) is -2.69. The molecule has 0 spiro atoms. The predicted octanol–water partition coefficient (Wildman–Crippen LogP) is 1.18. The summed E-state index contributed by atoms with van der Waals surface area (Å²) >= 11 is 5.67. The number of ether oxygens (including phenoxy) is 1.